The fourth-order valence-corrected chi connectivity index (χ4v) is 2.61. The summed E-state index contributed by atoms with van der Waals surface area (Å²) in [4.78, 5) is 2.48. The van der Waals surface area contributed by atoms with Crippen LogP contribution in [0.4, 0.5) is 0 Å². The minimum atomic E-state index is 0. The zero-order chi connectivity index (χ0) is 13.0. The first kappa shape index (κ1) is 16.3. The first-order chi connectivity index (χ1) is 8.70. The molecule has 0 bridgehead atoms. The molecule has 1 aliphatic heterocycles. The van der Waals surface area contributed by atoms with Crippen LogP contribution < -0.4 is 10.5 Å². The van der Waals surface area contributed by atoms with Crippen LogP contribution in [0.1, 0.15) is 25.8 Å². The fraction of sp³-hybridized carbons (Fsp3) is 0.600. The van der Waals surface area contributed by atoms with E-state index in [1.165, 1.54) is 12.0 Å². The van der Waals surface area contributed by atoms with E-state index in [1.807, 2.05) is 13.0 Å². The van der Waals surface area contributed by atoms with Crippen molar-refractivity contribution < 1.29 is 4.74 Å². The summed E-state index contributed by atoms with van der Waals surface area (Å²) >= 11 is 0. The predicted octanol–water partition coefficient (Wildman–Crippen LogP) is 2.68. The zero-order valence-electron chi connectivity index (χ0n) is 11.8. The van der Waals surface area contributed by atoms with Crippen molar-refractivity contribution in [1.29, 1.82) is 0 Å². The van der Waals surface area contributed by atoms with Crippen LogP contribution in [0.15, 0.2) is 24.3 Å². The number of likely N-dealkylation sites (tertiary alicyclic amines) is 1. The second-order valence-electron chi connectivity index (χ2n) is 5.18. The van der Waals surface area contributed by atoms with Gasteiger partial charge in [-0.05, 0) is 38.8 Å². The maximum atomic E-state index is 5.98. The molecule has 0 aromatic heterocycles. The number of benzene rings is 1. The van der Waals surface area contributed by atoms with Gasteiger partial charge in [-0.3, -0.25) is 4.90 Å². The Bertz CT molecular complexity index is 384. The van der Waals surface area contributed by atoms with Gasteiger partial charge in [0, 0.05) is 24.7 Å². The molecule has 19 heavy (non-hydrogen) atoms. The molecule has 1 saturated heterocycles. The second kappa shape index (κ2) is 7.73. The lowest BCUT2D eigenvalue weighted by Crippen LogP contribution is -2.29. The van der Waals surface area contributed by atoms with Gasteiger partial charge in [0.15, 0.2) is 0 Å². The molecular formula is C15H25ClN2O. The smallest absolute Gasteiger partial charge is 0.123 e. The Morgan fingerprint density at radius 1 is 1.42 bits per heavy atom. The number of halogens is 1. The molecule has 2 N–H and O–H groups in total. The summed E-state index contributed by atoms with van der Waals surface area (Å²) in [6.07, 6.45) is 1.22. The number of hydrogen-bond donors (Lipinski definition) is 1. The molecule has 0 saturated carbocycles. The predicted molar refractivity (Wildman–Crippen MR) is 81.9 cm³/mol. The summed E-state index contributed by atoms with van der Waals surface area (Å²) in [5.74, 6) is 1.66. The summed E-state index contributed by atoms with van der Waals surface area (Å²) in [6, 6.07) is 8.62. The third-order valence-corrected chi connectivity index (χ3v) is 3.72. The molecule has 1 heterocycles. The van der Waals surface area contributed by atoms with Crippen LogP contribution in [-0.4, -0.2) is 30.6 Å². The molecular weight excluding hydrogens is 260 g/mol. The molecule has 108 valence electrons. The normalized spacial score (nSPS) is 20.9. The van der Waals surface area contributed by atoms with E-state index >= 15 is 0 Å². The van der Waals surface area contributed by atoms with Gasteiger partial charge in [-0.1, -0.05) is 18.2 Å². The van der Waals surface area contributed by atoms with Gasteiger partial charge >= 0.3 is 0 Å². The van der Waals surface area contributed by atoms with E-state index in [9.17, 15) is 0 Å². The lowest BCUT2D eigenvalue weighted by Gasteiger charge is -2.19. The minimum absolute atomic E-state index is 0. The van der Waals surface area contributed by atoms with Gasteiger partial charge in [-0.15, -0.1) is 12.4 Å². The first-order valence-electron chi connectivity index (χ1n) is 6.89. The van der Waals surface area contributed by atoms with E-state index < -0.39 is 0 Å². The highest BCUT2D eigenvalue weighted by molar-refractivity contribution is 5.85. The third-order valence-electron chi connectivity index (χ3n) is 3.72. The van der Waals surface area contributed by atoms with E-state index in [4.69, 9.17) is 10.5 Å². The molecule has 1 aromatic carbocycles. The SMILES string of the molecule is CCOc1ccccc1CN1CCC(C(C)N)C1.Cl. The summed E-state index contributed by atoms with van der Waals surface area (Å²) in [5.41, 5.74) is 7.26. The van der Waals surface area contributed by atoms with Gasteiger partial charge < -0.3 is 10.5 Å². The van der Waals surface area contributed by atoms with Crippen molar-refractivity contribution in [3.8, 4) is 5.75 Å². The van der Waals surface area contributed by atoms with E-state index in [1.54, 1.807) is 0 Å². The van der Waals surface area contributed by atoms with E-state index in [0.29, 0.717) is 12.0 Å². The monoisotopic (exact) mass is 284 g/mol. The zero-order valence-corrected chi connectivity index (χ0v) is 12.7. The van der Waals surface area contributed by atoms with E-state index in [2.05, 4.69) is 30.0 Å². The molecule has 2 rings (SSSR count). The van der Waals surface area contributed by atoms with Crippen molar-refractivity contribution in [2.75, 3.05) is 19.7 Å². The number of hydrogen-bond acceptors (Lipinski definition) is 3. The van der Waals surface area contributed by atoms with Crippen molar-refractivity contribution in [2.24, 2.45) is 11.7 Å². The van der Waals surface area contributed by atoms with Gasteiger partial charge in [0.1, 0.15) is 5.75 Å². The number of nitrogens with zero attached hydrogens (tertiary/aromatic N) is 1. The maximum Gasteiger partial charge on any atom is 0.123 e. The number of ether oxygens (including phenoxy) is 1. The Labute approximate surface area is 122 Å². The van der Waals surface area contributed by atoms with Crippen LogP contribution >= 0.6 is 12.4 Å². The van der Waals surface area contributed by atoms with Gasteiger partial charge in [0.2, 0.25) is 0 Å². The highest BCUT2D eigenvalue weighted by Crippen LogP contribution is 2.24. The van der Waals surface area contributed by atoms with Crippen LogP contribution in [0.25, 0.3) is 0 Å². The molecule has 0 radical (unpaired) electrons. The summed E-state index contributed by atoms with van der Waals surface area (Å²) in [5, 5.41) is 0. The summed E-state index contributed by atoms with van der Waals surface area (Å²) in [6.45, 7) is 8.09. The number of rotatable bonds is 5. The van der Waals surface area contributed by atoms with Crippen molar-refractivity contribution in [2.45, 2.75) is 32.9 Å². The summed E-state index contributed by atoms with van der Waals surface area (Å²) in [7, 11) is 0. The Balaban J connectivity index is 0.00000180. The minimum Gasteiger partial charge on any atom is -0.494 e. The molecule has 1 aliphatic rings. The molecule has 2 atom stereocenters. The molecule has 0 spiro atoms. The lowest BCUT2D eigenvalue weighted by molar-refractivity contribution is 0.292. The van der Waals surface area contributed by atoms with Gasteiger partial charge in [0.05, 0.1) is 6.61 Å². The average Bonchev–Trinajstić information content (AvgIpc) is 2.81. The quantitative estimate of drug-likeness (QED) is 0.903. The molecule has 1 fully saturated rings. The lowest BCUT2D eigenvalue weighted by atomic mass is 10.0. The van der Waals surface area contributed by atoms with Crippen molar-refractivity contribution >= 4 is 12.4 Å². The van der Waals surface area contributed by atoms with Crippen molar-refractivity contribution in [3.63, 3.8) is 0 Å². The fourth-order valence-electron chi connectivity index (χ4n) is 2.61. The molecule has 1 aromatic rings. The third kappa shape index (κ3) is 4.37. The highest BCUT2D eigenvalue weighted by atomic mass is 35.5. The van der Waals surface area contributed by atoms with Crippen LogP contribution in [-0.2, 0) is 6.54 Å². The number of para-hydroxylation sites is 1. The Morgan fingerprint density at radius 2 is 2.16 bits per heavy atom. The largest absolute Gasteiger partial charge is 0.494 e. The van der Waals surface area contributed by atoms with Gasteiger partial charge in [-0.2, -0.15) is 0 Å². The highest BCUT2D eigenvalue weighted by Gasteiger charge is 2.25. The van der Waals surface area contributed by atoms with Crippen molar-refractivity contribution in [1.82, 2.24) is 4.90 Å². The average molecular weight is 285 g/mol. The molecule has 3 nitrogen and oxygen atoms in total. The Hall–Kier alpha value is -0.770. The van der Waals surface area contributed by atoms with Crippen LogP contribution in [0.2, 0.25) is 0 Å². The molecule has 4 heteroatoms. The van der Waals surface area contributed by atoms with Crippen LogP contribution in [0, 0.1) is 5.92 Å². The van der Waals surface area contributed by atoms with Crippen molar-refractivity contribution in [3.05, 3.63) is 29.8 Å². The molecule has 0 aliphatic carbocycles. The molecule has 2 unspecified atom stereocenters. The van der Waals surface area contributed by atoms with Crippen LogP contribution in [0.5, 0.6) is 5.75 Å². The van der Waals surface area contributed by atoms with Gasteiger partial charge in [0.25, 0.3) is 0 Å². The number of nitrogens with two attached hydrogens (primary N) is 1. The van der Waals surface area contributed by atoms with Crippen LogP contribution in [0.3, 0.4) is 0 Å². The summed E-state index contributed by atoms with van der Waals surface area (Å²) < 4.78 is 5.67. The van der Waals surface area contributed by atoms with E-state index in [-0.39, 0.29) is 12.4 Å². The standard InChI is InChI=1S/C15H24N2O.ClH/c1-3-18-15-7-5-4-6-14(15)11-17-9-8-13(10-17)12(2)16;/h4-7,12-13H,3,8-11,16H2,1-2H3;1H. The maximum absolute atomic E-state index is 5.98. The first-order valence-corrected chi connectivity index (χ1v) is 6.89. The Morgan fingerprint density at radius 3 is 2.79 bits per heavy atom. The molecule has 0 amide bonds. The Kier molecular flexibility index (Phi) is 6.63. The topological polar surface area (TPSA) is 38.5 Å². The second-order valence-corrected chi connectivity index (χ2v) is 5.18. The van der Waals surface area contributed by atoms with Gasteiger partial charge in [-0.25, -0.2) is 0 Å². The van der Waals surface area contributed by atoms with E-state index in [0.717, 1.165) is 32.0 Å².